The number of nitrogens with zero attached hydrogens (tertiary/aromatic N) is 5. The quantitative estimate of drug-likeness (QED) is 0.462. The Balaban J connectivity index is 1.41. The van der Waals surface area contributed by atoms with Gasteiger partial charge in [-0.1, -0.05) is 42.1 Å². The zero-order valence-electron chi connectivity index (χ0n) is 18.3. The summed E-state index contributed by atoms with van der Waals surface area (Å²) in [7, 11) is 0. The monoisotopic (exact) mass is 444 g/mol. The van der Waals surface area contributed by atoms with Crippen LogP contribution in [-0.4, -0.2) is 38.3 Å². The van der Waals surface area contributed by atoms with E-state index < -0.39 is 0 Å². The van der Waals surface area contributed by atoms with E-state index in [4.69, 9.17) is 0 Å². The van der Waals surface area contributed by atoms with Gasteiger partial charge in [0.25, 0.3) is 5.78 Å². The van der Waals surface area contributed by atoms with Crippen molar-refractivity contribution in [2.24, 2.45) is 0 Å². The van der Waals surface area contributed by atoms with Gasteiger partial charge in [0, 0.05) is 29.2 Å². The van der Waals surface area contributed by atoms with Crippen molar-refractivity contribution in [1.29, 1.82) is 0 Å². The average Bonchev–Trinajstić information content (AvgIpc) is 3.41. The summed E-state index contributed by atoms with van der Waals surface area (Å²) in [5.41, 5.74) is 6.90. The fraction of sp³-hybridized carbons (Fsp3) is 0.250. The van der Waals surface area contributed by atoms with Crippen LogP contribution in [0.3, 0.4) is 0 Å². The normalized spacial score (nSPS) is 12.9. The van der Waals surface area contributed by atoms with E-state index in [-0.39, 0.29) is 12.3 Å². The summed E-state index contributed by atoms with van der Waals surface area (Å²) < 4.78 is 1.72. The van der Waals surface area contributed by atoms with Gasteiger partial charge in [-0.25, -0.2) is 9.50 Å². The lowest BCUT2D eigenvalue weighted by Crippen LogP contribution is -2.21. The number of anilines is 3. The first-order valence-electron chi connectivity index (χ1n) is 10.6. The molecular formula is C24H24N6OS. The second-order valence-electron chi connectivity index (χ2n) is 7.84. The van der Waals surface area contributed by atoms with E-state index in [1.54, 1.807) is 4.52 Å². The van der Waals surface area contributed by atoms with E-state index in [1.807, 2.05) is 38.3 Å². The van der Waals surface area contributed by atoms with Crippen molar-refractivity contribution in [2.75, 3.05) is 23.0 Å². The SMILES string of the molecule is CSc1nc2nc(C)c(CC(=O)Nc3ccccc3N3CCc4ccccc43)c(C)n2n1. The molecule has 0 aliphatic carbocycles. The van der Waals surface area contributed by atoms with Crippen LogP contribution >= 0.6 is 11.8 Å². The first-order chi connectivity index (χ1) is 15.5. The van der Waals surface area contributed by atoms with E-state index in [9.17, 15) is 4.79 Å². The van der Waals surface area contributed by atoms with E-state index in [2.05, 4.69) is 55.6 Å². The largest absolute Gasteiger partial charge is 0.339 e. The molecule has 1 amide bonds. The minimum Gasteiger partial charge on any atom is -0.339 e. The molecule has 1 aliphatic heterocycles. The number of hydrogen-bond acceptors (Lipinski definition) is 6. The molecule has 4 aromatic rings. The van der Waals surface area contributed by atoms with Gasteiger partial charge in [0.05, 0.1) is 17.8 Å². The number of nitrogens with one attached hydrogen (secondary N) is 1. The Kier molecular flexibility index (Phi) is 5.30. The Morgan fingerprint density at radius 3 is 2.62 bits per heavy atom. The van der Waals surface area contributed by atoms with Gasteiger partial charge in [-0.2, -0.15) is 4.98 Å². The zero-order valence-corrected chi connectivity index (χ0v) is 19.1. The maximum Gasteiger partial charge on any atom is 0.253 e. The minimum atomic E-state index is -0.0810. The number of benzene rings is 2. The predicted octanol–water partition coefficient (Wildman–Crippen LogP) is 4.34. The van der Waals surface area contributed by atoms with Crippen LogP contribution in [0.4, 0.5) is 17.1 Å². The molecule has 0 bridgehead atoms. The molecule has 0 radical (unpaired) electrons. The average molecular weight is 445 g/mol. The van der Waals surface area contributed by atoms with Gasteiger partial charge in [-0.05, 0) is 50.3 Å². The van der Waals surface area contributed by atoms with Crippen LogP contribution in [0.2, 0.25) is 0 Å². The highest BCUT2D eigenvalue weighted by molar-refractivity contribution is 7.98. The molecule has 0 atom stereocenters. The molecule has 2 aromatic carbocycles. The lowest BCUT2D eigenvalue weighted by molar-refractivity contribution is -0.115. The fourth-order valence-electron chi connectivity index (χ4n) is 4.29. The van der Waals surface area contributed by atoms with Crippen molar-refractivity contribution >= 4 is 40.5 Å². The van der Waals surface area contributed by atoms with E-state index in [0.717, 1.165) is 41.3 Å². The number of rotatable bonds is 5. The van der Waals surface area contributed by atoms with Crippen molar-refractivity contribution in [3.63, 3.8) is 0 Å². The van der Waals surface area contributed by atoms with Crippen molar-refractivity contribution in [1.82, 2.24) is 19.6 Å². The number of carbonyl (C=O) groups is 1. The van der Waals surface area contributed by atoms with Crippen molar-refractivity contribution in [2.45, 2.75) is 31.8 Å². The summed E-state index contributed by atoms with van der Waals surface area (Å²) in [6, 6.07) is 16.4. The zero-order chi connectivity index (χ0) is 22.2. The summed E-state index contributed by atoms with van der Waals surface area (Å²) in [5.74, 6) is 0.481. The number of aryl methyl sites for hydroxylation is 2. The molecule has 162 valence electrons. The smallest absolute Gasteiger partial charge is 0.253 e. The first-order valence-corrected chi connectivity index (χ1v) is 11.8. The summed E-state index contributed by atoms with van der Waals surface area (Å²) >= 11 is 1.47. The van der Waals surface area contributed by atoms with Crippen LogP contribution in [0, 0.1) is 13.8 Å². The summed E-state index contributed by atoms with van der Waals surface area (Å²) in [4.78, 5) is 24.3. The van der Waals surface area contributed by atoms with Crippen LogP contribution < -0.4 is 10.2 Å². The highest BCUT2D eigenvalue weighted by Crippen LogP contribution is 2.38. The lowest BCUT2D eigenvalue weighted by Gasteiger charge is -2.23. The molecule has 0 saturated heterocycles. The number of hydrogen-bond donors (Lipinski definition) is 1. The molecule has 5 rings (SSSR count). The van der Waals surface area contributed by atoms with E-state index in [0.29, 0.717) is 10.9 Å². The molecule has 0 spiro atoms. The highest BCUT2D eigenvalue weighted by Gasteiger charge is 2.23. The topological polar surface area (TPSA) is 75.4 Å². The van der Waals surface area contributed by atoms with Gasteiger partial charge >= 0.3 is 0 Å². The van der Waals surface area contributed by atoms with Crippen LogP contribution in [0.25, 0.3) is 5.78 Å². The molecule has 8 heteroatoms. The Bertz CT molecular complexity index is 1330. The van der Waals surface area contributed by atoms with Gasteiger partial charge in [-0.15, -0.1) is 5.10 Å². The molecule has 32 heavy (non-hydrogen) atoms. The highest BCUT2D eigenvalue weighted by atomic mass is 32.2. The van der Waals surface area contributed by atoms with Crippen molar-refractivity contribution in [3.05, 3.63) is 71.0 Å². The molecular weight excluding hydrogens is 420 g/mol. The number of carbonyl (C=O) groups excluding carboxylic acids is 1. The molecule has 7 nitrogen and oxygen atoms in total. The molecule has 2 aromatic heterocycles. The summed E-state index contributed by atoms with van der Waals surface area (Å²) in [6.45, 7) is 4.77. The van der Waals surface area contributed by atoms with Crippen LogP contribution in [0.5, 0.6) is 0 Å². The third kappa shape index (κ3) is 3.60. The molecule has 1 aliphatic rings. The van der Waals surface area contributed by atoms with Gasteiger partial charge in [0.2, 0.25) is 11.1 Å². The van der Waals surface area contributed by atoms with Gasteiger partial charge in [0.15, 0.2) is 0 Å². The van der Waals surface area contributed by atoms with Gasteiger partial charge < -0.3 is 10.2 Å². The molecule has 0 saturated carbocycles. The Labute approximate surface area is 190 Å². The van der Waals surface area contributed by atoms with Crippen LogP contribution in [-0.2, 0) is 17.6 Å². The van der Waals surface area contributed by atoms with Crippen molar-refractivity contribution < 1.29 is 4.79 Å². The predicted molar refractivity (Wildman–Crippen MR) is 128 cm³/mol. The number of para-hydroxylation sites is 3. The molecule has 0 fully saturated rings. The number of fused-ring (bicyclic) bond motifs is 2. The minimum absolute atomic E-state index is 0.0810. The number of amides is 1. The summed E-state index contributed by atoms with van der Waals surface area (Å²) in [6.07, 6.45) is 3.15. The van der Waals surface area contributed by atoms with Gasteiger partial charge in [-0.3, -0.25) is 4.79 Å². The second-order valence-corrected chi connectivity index (χ2v) is 8.62. The Morgan fingerprint density at radius 1 is 1.06 bits per heavy atom. The Hall–Kier alpha value is -3.39. The third-order valence-corrected chi connectivity index (χ3v) is 6.44. The standard InChI is InChI=1S/C24H24N6OS/c1-15-18(16(2)30-23(25-15)27-24(28-30)32-3)14-22(31)26-19-9-5-7-11-21(19)29-13-12-17-8-4-6-10-20(17)29/h4-11H,12-14H2,1-3H3,(H,26,31). The van der Waals surface area contributed by atoms with E-state index in [1.165, 1.54) is 23.0 Å². The van der Waals surface area contributed by atoms with E-state index >= 15 is 0 Å². The molecule has 3 heterocycles. The van der Waals surface area contributed by atoms with Crippen LogP contribution in [0.1, 0.15) is 22.5 Å². The Morgan fingerprint density at radius 2 is 1.81 bits per heavy atom. The summed E-state index contributed by atoms with van der Waals surface area (Å²) in [5, 5.41) is 8.27. The fourth-order valence-corrected chi connectivity index (χ4v) is 4.63. The molecule has 0 unspecified atom stereocenters. The van der Waals surface area contributed by atoms with Gasteiger partial charge in [0.1, 0.15) is 0 Å². The van der Waals surface area contributed by atoms with Crippen molar-refractivity contribution in [3.8, 4) is 0 Å². The third-order valence-electron chi connectivity index (χ3n) is 5.91. The molecule has 1 N–H and O–H groups in total. The first kappa shape index (κ1) is 20.5. The maximum atomic E-state index is 13.1. The van der Waals surface area contributed by atoms with Crippen LogP contribution in [0.15, 0.2) is 53.7 Å². The number of aromatic nitrogens is 4. The number of thioether (sulfide) groups is 1. The second kappa shape index (κ2) is 8.27. The lowest BCUT2D eigenvalue weighted by atomic mass is 10.1. The maximum absolute atomic E-state index is 13.1.